The highest BCUT2D eigenvalue weighted by Crippen LogP contribution is 2.26. The van der Waals surface area contributed by atoms with Gasteiger partial charge < -0.3 is 5.32 Å². The molecule has 1 aliphatic carbocycles. The van der Waals surface area contributed by atoms with E-state index in [2.05, 4.69) is 19.2 Å². The van der Waals surface area contributed by atoms with E-state index >= 15 is 0 Å². The zero-order valence-electron chi connectivity index (χ0n) is 10.7. The minimum Gasteiger partial charge on any atom is -0.314 e. The van der Waals surface area contributed by atoms with Crippen LogP contribution in [0.15, 0.2) is 0 Å². The van der Waals surface area contributed by atoms with Crippen LogP contribution in [-0.4, -0.2) is 12.6 Å². The number of hydrogen-bond donors (Lipinski definition) is 1. The third-order valence-corrected chi connectivity index (χ3v) is 3.73. The van der Waals surface area contributed by atoms with Crippen LogP contribution in [0.25, 0.3) is 0 Å². The summed E-state index contributed by atoms with van der Waals surface area (Å²) in [7, 11) is 0. The smallest absolute Gasteiger partial charge is 0.00388 e. The summed E-state index contributed by atoms with van der Waals surface area (Å²) in [5.74, 6) is 1.04. The molecule has 0 aromatic carbocycles. The van der Waals surface area contributed by atoms with Gasteiger partial charge in [0.2, 0.25) is 0 Å². The summed E-state index contributed by atoms with van der Waals surface area (Å²) in [5, 5.41) is 3.59. The van der Waals surface area contributed by atoms with Gasteiger partial charge in [-0.3, -0.25) is 0 Å². The van der Waals surface area contributed by atoms with Crippen molar-refractivity contribution < 1.29 is 0 Å². The fourth-order valence-electron chi connectivity index (χ4n) is 2.63. The van der Waals surface area contributed by atoms with Crippen LogP contribution in [0.3, 0.4) is 0 Å². The third-order valence-electron chi connectivity index (χ3n) is 3.73. The lowest BCUT2D eigenvalue weighted by Gasteiger charge is -2.18. The van der Waals surface area contributed by atoms with Crippen LogP contribution >= 0.6 is 0 Å². The second kappa shape index (κ2) is 8.15. The molecule has 1 rings (SSSR count). The maximum absolute atomic E-state index is 3.59. The molecule has 0 aromatic heterocycles. The highest BCUT2D eigenvalue weighted by atomic mass is 14.9. The standard InChI is InChI=1S/C14H29N/c1-3-12-15-13(2)10-11-14-8-6-4-5-7-9-14/h13-15H,3-12H2,1-2H3. The fraction of sp³-hybridized carbons (Fsp3) is 1.00. The Morgan fingerprint density at radius 3 is 2.40 bits per heavy atom. The van der Waals surface area contributed by atoms with E-state index in [0.29, 0.717) is 0 Å². The van der Waals surface area contributed by atoms with E-state index in [-0.39, 0.29) is 0 Å². The van der Waals surface area contributed by atoms with Crippen LogP contribution in [0.5, 0.6) is 0 Å². The summed E-state index contributed by atoms with van der Waals surface area (Å²) in [5.41, 5.74) is 0. The van der Waals surface area contributed by atoms with Gasteiger partial charge in [0.15, 0.2) is 0 Å². The van der Waals surface area contributed by atoms with Gasteiger partial charge >= 0.3 is 0 Å². The first-order valence-electron chi connectivity index (χ1n) is 7.06. The van der Waals surface area contributed by atoms with Gasteiger partial charge in [-0.05, 0) is 38.6 Å². The molecule has 1 unspecified atom stereocenters. The van der Waals surface area contributed by atoms with Crippen molar-refractivity contribution in [2.45, 2.75) is 77.7 Å². The molecule has 1 aliphatic rings. The molecule has 0 aliphatic heterocycles. The minimum absolute atomic E-state index is 0.730. The second-order valence-corrected chi connectivity index (χ2v) is 5.29. The highest BCUT2D eigenvalue weighted by molar-refractivity contribution is 4.68. The van der Waals surface area contributed by atoms with Crippen molar-refractivity contribution in [3.8, 4) is 0 Å². The first kappa shape index (κ1) is 13.0. The molecule has 90 valence electrons. The van der Waals surface area contributed by atoms with Crippen LogP contribution in [0.1, 0.15) is 71.6 Å². The van der Waals surface area contributed by atoms with Crippen LogP contribution in [-0.2, 0) is 0 Å². The maximum Gasteiger partial charge on any atom is 0.00388 e. The predicted molar refractivity (Wildman–Crippen MR) is 68.2 cm³/mol. The van der Waals surface area contributed by atoms with Gasteiger partial charge in [-0.25, -0.2) is 0 Å². The molecule has 1 saturated carbocycles. The zero-order chi connectivity index (χ0) is 10.9. The van der Waals surface area contributed by atoms with E-state index in [1.165, 1.54) is 64.3 Å². The summed E-state index contributed by atoms with van der Waals surface area (Å²) in [4.78, 5) is 0. The van der Waals surface area contributed by atoms with Crippen molar-refractivity contribution in [2.75, 3.05) is 6.54 Å². The van der Waals surface area contributed by atoms with Crippen LogP contribution in [0, 0.1) is 5.92 Å². The van der Waals surface area contributed by atoms with Gasteiger partial charge in [0.1, 0.15) is 0 Å². The first-order chi connectivity index (χ1) is 7.33. The van der Waals surface area contributed by atoms with Gasteiger partial charge in [0.05, 0.1) is 0 Å². The molecule has 0 heterocycles. The van der Waals surface area contributed by atoms with Gasteiger partial charge in [-0.2, -0.15) is 0 Å². The van der Waals surface area contributed by atoms with E-state index in [1.54, 1.807) is 0 Å². The second-order valence-electron chi connectivity index (χ2n) is 5.29. The topological polar surface area (TPSA) is 12.0 Å². The van der Waals surface area contributed by atoms with Crippen molar-refractivity contribution in [2.24, 2.45) is 5.92 Å². The number of rotatable bonds is 6. The lowest BCUT2D eigenvalue weighted by molar-refractivity contribution is 0.380. The van der Waals surface area contributed by atoms with E-state index in [9.17, 15) is 0 Å². The molecule has 1 nitrogen and oxygen atoms in total. The van der Waals surface area contributed by atoms with Crippen molar-refractivity contribution in [3.63, 3.8) is 0 Å². The average Bonchev–Trinajstić information content (AvgIpc) is 2.51. The Morgan fingerprint density at radius 2 is 1.80 bits per heavy atom. The Balaban J connectivity index is 2.06. The molecule has 0 spiro atoms. The Labute approximate surface area is 96.0 Å². The monoisotopic (exact) mass is 211 g/mol. The lowest BCUT2D eigenvalue weighted by atomic mass is 9.93. The Bertz CT molecular complexity index is 136. The summed E-state index contributed by atoms with van der Waals surface area (Å²) in [6, 6.07) is 0.730. The largest absolute Gasteiger partial charge is 0.314 e. The lowest BCUT2D eigenvalue weighted by Crippen LogP contribution is -2.27. The number of nitrogens with one attached hydrogen (secondary N) is 1. The van der Waals surface area contributed by atoms with Gasteiger partial charge in [0, 0.05) is 6.04 Å². The SMILES string of the molecule is CCCNC(C)CCC1CCCCCC1. The van der Waals surface area contributed by atoms with Crippen molar-refractivity contribution in [3.05, 3.63) is 0 Å². The quantitative estimate of drug-likeness (QED) is 0.652. The van der Waals surface area contributed by atoms with Crippen LogP contribution in [0.2, 0.25) is 0 Å². The van der Waals surface area contributed by atoms with Crippen LogP contribution in [0.4, 0.5) is 0 Å². The first-order valence-corrected chi connectivity index (χ1v) is 7.06. The Kier molecular flexibility index (Phi) is 7.08. The molecule has 15 heavy (non-hydrogen) atoms. The molecule has 1 atom stereocenters. The minimum atomic E-state index is 0.730. The fourth-order valence-corrected chi connectivity index (χ4v) is 2.63. The van der Waals surface area contributed by atoms with Gasteiger partial charge in [0.25, 0.3) is 0 Å². The molecular formula is C14H29N. The molecule has 0 radical (unpaired) electrons. The predicted octanol–water partition coefficient (Wildman–Crippen LogP) is 4.13. The van der Waals surface area contributed by atoms with Crippen molar-refractivity contribution in [1.29, 1.82) is 0 Å². The van der Waals surface area contributed by atoms with Gasteiger partial charge in [-0.1, -0.05) is 45.4 Å². The zero-order valence-corrected chi connectivity index (χ0v) is 10.7. The molecule has 1 heteroatoms. The third kappa shape index (κ3) is 6.19. The molecule has 0 aromatic rings. The summed E-state index contributed by atoms with van der Waals surface area (Å²) in [6.07, 6.45) is 13.0. The molecule has 0 bridgehead atoms. The highest BCUT2D eigenvalue weighted by Gasteiger charge is 2.13. The van der Waals surface area contributed by atoms with Gasteiger partial charge in [-0.15, -0.1) is 0 Å². The van der Waals surface area contributed by atoms with Crippen molar-refractivity contribution in [1.82, 2.24) is 5.32 Å². The van der Waals surface area contributed by atoms with E-state index in [0.717, 1.165) is 12.0 Å². The normalized spacial score (nSPS) is 21.2. The number of hydrogen-bond acceptors (Lipinski definition) is 1. The Morgan fingerprint density at radius 1 is 1.13 bits per heavy atom. The van der Waals surface area contributed by atoms with E-state index in [4.69, 9.17) is 0 Å². The molecule has 1 N–H and O–H groups in total. The molecule has 0 saturated heterocycles. The molecule has 0 amide bonds. The molecular weight excluding hydrogens is 182 g/mol. The maximum atomic E-state index is 3.59. The van der Waals surface area contributed by atoms with Crippen LogP contribution < -0.4 is 5.32 Å². The summed E-state index contributed by atoms with van der Waals surface area (Å²) >= 11 is 0. The molecule has 1 fully saturated rings. The average molecular weight is 211 g/mol. The van der Waals surface area contributed by atoms with E-state index < -0.39 is 0 Å². The Hall–Kier alpha value is -0.0400. The van der Waals surface area contributed by atoms with Crippen molar-refractivity contribution >= 4 is 0 Å². The summed E-state index contributed by atoms with van der Waals surface area (Å²) in [6.45, 7) is 5.77. The summed E-state index contributed by atoms with van der Waals surface area (Å²) < 4.78 is 0. The van der Waals surface area contributed by atoms with E-state index in [1.807, 2.05) is 0 Å².